The molecule has 1 aliphatic heterocycles. The molecule has 2 aliphatic rings. The number of amides is 2. The predicted octanol–water partition coefficient (Wildman–Crippen LogP) is 4.37. The number of hydrogen-bond acceptors (Lipinski definition) is 4. The molecule has 0 radical (unpaired) electrons. The fourth-order valence-electron chi connectivity index (χ4n) is 5.24. The van der Waals surface area contributed by atoms with Crippen LogP contribution in [0.1, 0.15) is 53.8 Å². The van der Waals surface area contributed by atoms with Crippen molar-refractivity contribution < 1.29 is 18.4 Å². The van der Waals surface area contributed by atoms with Gasteiger partial charge in [0.2, 0.25) is 5.91 Å². The minimum Gasteiger partial charge on any atom is -0.349 e. The van der Waals surface area contributed by atoms with Crippen LogP contribution in [0.3, 0.4) is 0 Å². The molecular weight excluding hydrogens is 464 g/mol. The summed E-state index contributed by atoms with van der Waals surface area (Å²) in [7, 11) is 0. The highest BCUT2D eigenvalue weighted by Gasteiger charge is 2.49. The molecule has 1 N–H and O–H groups in total. The molecule has 1 aliphatic carbocycles. The van der Waals surface area contributed by atoms with Crippen LogP contribution in [0.2, 0.25) is 5.02 Å². The Labute approximate surface area is 200 Å². The molecule has 3 heterocycles. The van der Waals surface area contributed by atoms with Gasteiger partial charge in [-0.15, -0.1) is 0 Å². The van der Waals surface area contributed by atoms with Crippen LogP contribution in [0.25, 0.3) is 5.65 Å². The molecule has 7 nitrogen and oxygen atoms in total. The Balaban J connectivity index is 1.27. The number of halogens is 3. The lowest BCUT2D eigenvalue weighted by Gasteiger charge is -2.36. The van der Waals surface area contributed by atoms with E-state index in [-0.39, 0.29) is 28.6 Å². The Bertz CT molecular complexity index is 1320. The SMILES string of the molecule is Cc1cc(C)n2ncc(C(=O)NC3CCC4(CC3)CCN(c3cc(F)c(F)cc3Cl)C4=O)c2n1. The molecule has 0 unspecified atom stereocenters. The highest BCUT2D eigenvalue weighted by molar-refractivity contribution is 6.34. The van der Waals surface area contributed by atoms with E-state index in [4.69, 9.17) is 11.6 Å². The molecule has 2 amide bonds. The minimum atomic E-state index is -1.04. The van der Waals surface area contributed by atoms with Crippen molar-refractivity contribution in [2.24, 2.45) is 5.41 Å². The normalized spacial score (nSPS) is 22.7. The van der Waals surface area contributed by atoms with Crippen molar-refractivity contribution in [3.8, 4) is 0 Å². The van der Waals surface area contributed by atoms with Gasteiger partial charge < -0.3 is 10.2 Å². The van der Waals surface area contributed by atoms with E-state index in [9.17, 15) is 18.4 Å². The monoisotopic (exact) mass is 487 g/mol. The molecule has 178 valence electrons. The molecule has 2 aromatic heterocycles. The molecule has 1 spiro atoms. The zero-order chi connectivity index (χ0) is 24.2. The molecule has 1 aromatic carbocycles. The van der Waals surface area contributed by atoms with Crippen molar-refractivity contribution >= 4 is 34.7 Å². The van der Waals surface area contributed by atoms with Crippen molar-refractivity contribution in [2.75, 3.05) is 11.4 Å². The predicted molar refractivity (Wildman–Crippen MR) is 123 cm³/mol. The number of carbonyl (C=O) groups excluding carboxylic acids is 2. The third-order valence-corrected chi connectivity index (χ3v) is 7.40. The standard InChI is InChI=1S/C24H24ClF2N5O2/c1-13-9-14(2)32-21(29-13)16(12-28-32)22(33)30-15-3-5-24(6-4-15)7-8-31(23(24)34)20-11-19(27)18(26)10-17(20)25/h9-12,15H,3-8H2,1-2H3,(H,30,33). The maximum Gasteiger partial charge on any atom is 0.256 e. The van der Waals surface area contributed by atoms with Gasteiger partial charge in [0, 0.05) is 30.0 Å². The van der Waals surface area contributed by atoms with Gasteiger partial charge >= 0.3 is 0 Å². The molecule has 34 heavy (non-hydrogen) atoms. The van der Waals surface area contributed by atoms with Gasteiger partial charge in [0.1, 0.15) is 5.56 Å². The molecule has 5 rings (SSSR count). The van der Waals surface area contributed by atoms with Gasteiger partial charge in [0.15, 0.2) is 17.3 Å². The molecule has 1 saturated heterocycles. The average molecular weight is 488 g/mol. The summed E-state index contributed by atoms with van der Waals surface area (Å²) >= 11 is 6.10. The molecule has 0 bridgehead atoms. The first-order valence-corrected chi connectivity index (χ1v) is 11.7. The zero-order valence-electron chi connectivity index (χ0n) is 18.9. The summed E-state index contributed by atoms with van der Waals surface area (Å²) in [5.74, 6) is -2.44. The fraction of sp³-hybridized carbons (Fsp3) is 0.417. The molecule has 2 fully saturated rings. The van der Waals surface area contributed by atoms with E-state index < -0.39 is 17.0 Å². The summed E-state index contributed by atoms with van der Waals surface area (Å²) in [5.41, 5.74) is 2.27. The van der Waals surface area contributed by atoms with E-state index >= 15 is 0 Å². The van der Waals surface area contributed by atoms with Crippen LogP contribution in [-0.4, -0.2) is 39.0 Å². The number of carbonyl (C=O) groups is 2. The van der Waals surface area contributed by atoms with Crippen molar-refractivity contribution in [2.45, 2.75) is 52.0 Å². The summed E-state index contributed by atoms with van der Waals surface area (Å²) < 4.78 is 28.9. The van der Waals surface area contributed by atoms with Gasteiger partial charge in [0.05, 0.1) is 22.3 Å². The van der Waals surface area contributed by atoms with Gasteiger partial charge in [-0.05, 0) is 58.1 Å². The van der Waals surface area contributed by atoms with E-state index in [1.165, 1.54) is 11.1 Å². The number of aryl methyl sites for hydroxylation is 2. The summed E-state index contributed by atoms with van der Waals surface area (Å²) in [6.07, 6.45) is 4.61. The van der Waals surface area contributed by atoms with Gasteiger partial charge in [0.25, 0.3) is 5.91 Å². The zero-order valence-corrected chi connectivity index (χ0v) is 19.6. The van der Waals surface area contributed by atoms with E-state index in [0.29, 0.717) is 49.9 Å². The number of nitrogens with zero attached hydrogens (tertiary/aromatic N) is 4. The number of fused-ring (bicyclic) bond motifs is 1. The Morgan fingerprint density at radius 3 is 2.59 bits per heavy atom. The Hall–Kier alpha value is -3.07. The lowest BCUT2D eigenvalue weighted by molar-refractivity contribution is -0.127. The second kappa shape index (κ2) is 8.30. The van der Waals surface area contributed by atoms with Crippen molar-refractivity contribution in [1.82, 2.24) is 19.9 Å². The number of benzene rings is 1. The lowest BCUT2D eigenvalue weighted by atomic mass is 9.71. The number of aromatic nitrogens is 3. The van der Waals surface area contributed by atoms with Crippen LogP contribution in [0.4, 0.5) is 14.5 Å². The maximum absolute atomic E-state index is 13.8. The lowest BCUT2D eigenvalue weighted by Crippen LogP contribution is -2.44. The Morgan fingerprint density at radius 2 is 1.85 bits per heavy atom. The van der Waals surface area contributed by atoms with Gasteiger partial charge in [-0.2, -0.15) is 5.10 Å². The number of anilines is 1. The van der Waals surface area contributed by atoms with Crippen molar-refractivity contribution in [3.63, 3.8) is 0 Å². The van der Waals surface area contributed by atoms with Crippen LogP contribution in [0.5, 0.6) is 0 Å². The molecule has 1 saturated carbocycles. The summed E-state index contributed by atoms with van der Waals surface area (Å²) in [6, 6.07) is 3.70. The molecular formula is C24H24ClF2N5O2. The van der Waals surface area contributed by atoms with Crippen LogP contribution in [0, 0.1) is 30.9 Å². The minimum absolute atomic E-state index is 0.0118. The van der Waals surface area contributed by atoms with Crippen molar-refractivity contribution in [1.29, 1.82) is 0 Å². The average Bonchev–Trinajstić information content (AvgIpc) is 3.35. The van der Waals surface area contributed by atoms with Crippen LogP contribution in [0.15, 0.2) is 24.4 Å². The van der Waals surface area contributed by atoms with E-state index in [1.807, 2.05) is 19.9 Å². The van der Waals surface area contributed by atoms with E-state index in [0.717, 1.165) is 23.5 Å². The Morgan fingerprint density at radius 1 is 1.15 bits per heavy atom. The number of rotatable bonds is 3. The van der Waals surface area contributed by atoms with Crippen LogP contribution < -0.4 is 10.2 Å². The fourth-order valence-corrected chi connectivity index (χ4v) is 5.49. The topological polar surface area (TPSA) is 79.6 Å². The molecule has 3 aromatic rings. The van der Waals surface area contributed by atoms with Crippen LogP contribution >= 0.6 is 11.6 Å². The second-order valence-electron chi connectivity index (χ2n) is 9.29. The molecule has 10 heteroatoms. The Kier molecular flexibility index (Phi) is 5.55. The summed E-state index contributed by atoms with van der Waals surface area (Å²) in [6.45, 7) is 4.18. The first-order valence-electron chi connectivity index (χ1n) is 11.3. The largest absolute Gasteiger partial charge is 0.349 e. The first kappa shape index (κ1) is 22.7. The summed E-state index contributed by atoms with van der Waals surface area (Å²) in [4.78, 5) is 32.2. The quantitative estimate of drug-likeness (QED) is 0.556. The number of nitrogens with one attached hydrogen (secondary N) is 1. The van der Waals surface area contributed by atoms with Crippen LogP contribution in [-0.2, 0) is 4.79 Å². The highest BCUT2D eigenvalue weighted by atomic mass is 35.5. The smallest absolute Gasteiger partial charge is 0.256 e. The van der Waals surface area contributed by atoms with Gasteiger partial charge in [-0.1, -0.05) is 11.6 Å². The van der Waals surface area contributed by atoms with Gasteiger partial charge in [-0.25, -0.2) is 18.3 Å². The first-order chi connectivity index (χ1) is 16.2. The number of hydrogen-bond donors (Lipinski definition) is 1. The maximum atomic E-state index is 13.8. The third kappa shape index (κ3) is 3.72. The van der Waals surface area contributed by atoms with E-state index in [1.54, 1.807) is 4.52 Å². The van der Waals surface area contributed by atoms with E-state index in [2.05, 4.69) is 15.4 Å². The third-order valence-electron chi connectivity index (χ3n) is 7.09. The van der Waals surface area contributed by atoms with Gasteiger partial charge in [-0.3, -0.25) is 9.59 Å². The highest BCUT2D eigenvalue weighted by Crippen LogP contribution is 2.47. The van der Waals surface area contributed by atoms with Crippen molar-refractivity contribution in [3.05, 3.63) is 58.0 Å². The summed E-state index contributed by atoms with van der Waals surface area (Å²) in [5, 5.41) is 7.36. The molecule has 0 atom stereocenters. The second-order valence-corrected chi connectivity index (χ2v) is 9.69.